The lowest BCUT2D eigenvalue weighted by atomic mass is 10.1. The molecule has 0 aliphatic carbocycles. The maximum Gasteiger partial charge on any atom is 0.128 e. The Labute approximate surface area is 168 Å². The van der Waals surface area contributed by atoms with Crippen molar-refractivity contribution in [3.8, 4) is 22.7 Å². The highest BCUT2D eigenvalue weighted by Gasteiger charge is 2.14. The van der Waals surface area contributed by atoms with Crippen LogP contribution in [0.25, 0.3) is 16.9 Å². The minimum absolute atomic E-state index is 0.290. The molecule has 29 heavy (non-hydrogen) atoms. The summed E-state index contributed by atoms with van der Waals surface area (Å²) in [4.78, 5) is 0. The van der Waals surface area contributed by atoms with Crippen LogP contribution in [-0.4, -0.2) is 23.1 Å². The summed E-state index contributed by atoms with van der Waals surface area (Å²) < 4.78 is 20.4. The van der Waals surface area contributed by atoms with Crippen LogP contribution in [0, 0.1) is 5.82 Å². The Hall–Kier alpha value is -3.93. The van der Waals surface area contributed by atoms with E-state index in [2.05, 4.69) is 10.5 Å². The molecule has 0 unspecified atom stereocenters. The third-order valence-electron chi connectivity index (χ3n) is 4.37. The van der Waals surface area contributed by atoms with Gasteiger partial charge in [0.25, 0.3) is 0 Å². The van der Waals surface area contributed by atoms with Crippen molar-refractivity contribution in [2.24, 2.45) is 5.10 Å². The van der Waals surface area contributed by atoms with Crippen LogP contribution in [0.3, 0.4) is 0 Å². The van der Waals surface area contributed by atoms with E-state index in [1.165, 1.54) is 12.1 Å². The summed E-state index contributed by atoms with van der Waals surface area (Å²) in [6.07, 6.45) is 3.60. The van der Waals surface area contributed by atoms with E-state index >= 15 is 0 Å². The number of benzene rings is 3. The topological polar surface area (TPSA) is 51.4 Å². The zero-order valence-electron chi connectivity index (χ0n) is 15.8. The molecule has 0 bridgehead atoms. The summed E-state index contributed by atoms with van der Waals surface area (Å²) in [6.45, 7) is 0. The van der Waals surface area contributed by atoms with Crippen LogP contribution in [0.5, 0.6) is 5.75 Å². The average Bonchev–Trinajstić information content (AvgIpc) is 3.20. The molecule has 0 spiro atoms. The van der Waals surface area contributed by atoms with Gasteiger partial charge in [-0.25, -0.2) is 9.07 Å². The number of nitrogens with zero attached hydrogens (tertiary/aromatic N) is 3. The lowest BCUT2D eigenvalue weighted by molar-refractivity contribution is 0.416. The Balaban J connectivity index is 1.71. The van der Waals surface area contributed by atoms with Crippen molar-refractivity contribution in [3.05, 3.63) is 96.4 Å². The van der Waals surface area contributed by atoms with E-state index in [-0.39, 0.29) is 5.82 Å². The highest BCUT2D eigenvalue weighted by Crippen LogP contribution is 2.31. The minimum Gasteiger partial charge on any atom is -0.496 e. The smallest absolute Gasteiger partial charge is 0.128 e. The number of nitrogens with one attached hydrogen (secondary N) is 1. The van der Waals surface area contributed by atoms with E-state index in [0.717, 1.165) is 28.3 Å². The van der Waals surface area contributed by atoms with Gasteiger partial charge in [-0.05, 0) is 48.5 Å². The first kappa shape index (κ1) is 18.4. The largest absolute Gasteiger partial charge is 0.496 e. The summed E-state index contributed by atoms with van der Waals surface area (Å²) >= 11 is 0. The first-order chi connectivity index (χ1) is 14.2. The lowest BCUT2D eigenvalue weighted by Crippen LogP contribution is -1.95. The fourth-order valence-electron chi connectivity index (χ4n) is 2.95. The molecule has 3 aromatic carbocycles. The van der Waals surface area contributed by atoms with Crippen molar-refractivity contribution in [1.29, 1.82) is 0 Å². The van der Waals surface area contributed by atoms with E-state index in [9.17, 15) is 4.39 Å². The van der Waals surface area contributed by atoms with Gasteiger partial charge in [0.2, 0.25) is 0 Å². The molecule has 0 fully saturated rings. The molecular weight excluding hydrogens is 367 g/mol. The first-order valence-electron chi connectivity index (χ1n) is 9.08. The molecule has 4 aromatic rings. The molecule has 1 heterocycles. The van der Waals surface area contributed by atoms with E-state index in [1.54, 1.807) is 30.1 Å². The number of rotatable bonds is 6. The molecule has 5 nitrogen and oxygen atoms in total. The average molecular weight is 386 g/mol. The van der Waals surface area contributed by atoms with Crippen LogP contribution >= 0.6 is 0 Å². The van der Waals surface area contributed by atoms with Gasteiger partial charge in [-0.3, -0.25) is 5.43 Å². The molecule has 144 valence electrons. The van der Waals surface area contributed by atoms with Crippen molar-refractivity contribution < 1.29 is 9.13 Å². The van der Waals surface area contributed by atoms with Crippen LogP contribution < -0.4 is 10.2 Å². The van der Waals surface area contributed by atoms with Gasteiger partial charge in [0.1, 0.15) is 17.3 Å². The summed E-state index contributed by atoms with van der Waals surface area (Å²) in [7, 11) is 1.64. The molecule has 0 aliphatic heterocycles. The zero-order valence-corrected chi connectivity index (χ0v) is 15.8. The molecule has 0 amide bonds. The quantitative estimate of drug-likeness (QED) is 0.369. The molecule has 6 heteroatoms. The minimum atomic E-state index is -0.290. The van der Waals surface area contributed by atoms with Crippen molar-refractivity contribution in [1.82, 2.24) is 9.78 Å². The summed E-state index contributed by atoms with van der Waals surface area (Å²) in [5, 5.41) is 9.06. The predicted molar refractivity (Wildman–Crippen MR) is 113 cm³/mol. The molecular formula is C23H19FN4O. The molecule has 1 N–H and O–H groups in total. The predicted octanol–water partition coefficient (Wildman–Crippen LogP) is 5.13. The number of hydrazone groups is 1. The third kappa shape index (κ3) is 4.16. The summed E-state index contributed by atoms with van der Waals surface area (Å²) in [6, 6.07) is 23.6. The second-order valence-electron chi connectivity index (χ2n) is 6.29. The number of hydrogen-bond acceptors (Lipinski definition) is 4. The normalized spacial score (nSPS) is 11.0. The zero-order chi connectivity index (χ0) is 20.1. The standard InChI is InChI=1S/C23H19FN4O/c1-29-22-10-6-5-9-21(22)23-17(15-25-26-19-13-11-18(24)12-14-19)16-28(27-23)20-7-3-2-4-8-20/h2-16,26H,1H3/b25-15-. The maximum absolute atomic E-state index is 13.1. The second-order valence-corrected chi connectivity index (χ2v) is 6.29. The lowest BCUT2D eigenvalue weighted by Gasteiger charge is -2.06. The van der Waals surface area contributed by atoms with Crippen LogP contribution in [0.2, 0.25) is 0 Å². The van der Waals surface area contributed by atoms with Gasteiger partial charge < -0.3 is 4.74 Å². The van der Waals surface area contributed by atoms with Crippen molar-refractivity contribution >= 4 is 11.9 Å². The fourth-order valence-corrected chi connectivity index (χ4v) is 2.95. The molecule has 0 atom stereocenters. The fraction of sp³-hybridized carbons (Fsp3) is 0.0435. The van der Waals surface area contributed by atoms with Crippen LogP contribution in [0.4, 0.5) is 10.1 Å². The van der Waals surface area contributed by atoms with Gasteiger partial charge >= 0.3 is 0 Å². The first-order valence-corrected chi connectivity index (χ1v) is 9.08. The Morgan fingerprint density at radius 1 is 0.966 bits per heavy atom. The number of halogens is 1. The Morgan fingerprint density at radius 3 is 2.45 bits per heavy atom. The molecule has 1 aromatic heterocycles. The SMILES string of the molecule is COc1ccccc1-c1nn(-c2ccccc2)cc1/C=N\Nc1ccc(F)cc1. The van der Waals surface area contributed by atoms with Crippen LogP contribution in [-0.2, 0) is 0 Å². The van der Waals surface area contributed by atoms with Crippen molar-refractivity contribution in [3.63, 3.8) is 0 Å². The number of hydrogen-bond donors (Lipinski definition) is 1. The number of aromatic nitrogens is 2. The van der Waals surface area contributed by atoms with Gasteiger partial charge in [-0.15, -0.1) is 0 Å². The number of anilines is 1. The summed E-state index contributed by atoms with van der Waals surface area (Å²) in [5.74, 6) is 0.439. The molecule has 0 saturated carbocycles. The van der Waals surface area contributed by atoms with E-state index in [1.807, 2.05) is 60.8 Å². The van der Waals surface area contributed by atoms with E-state index in [0.29, 0.717) is 5.69 Å². The Morgan fingerprint density at radius 2 is 1.69 bits per heavy atom. The molecule has 4 rings (SSSR count). The molecule has 0 radical (unpaired) electrons. The number of methoxy groups -OCH3 is 1. The monoisotopic (exact) mass is 386 g/mol. The molecule has 0 saturated heterocycles. The van der Waals surface area contributed by atoms with Crippen molar-refractivity contribution in [2.75, 3.05) is 12.5 Å². The maximum atomic E-state index is 13.1. The second kappa shape index (κ2) is 8.39. The molecule has 0 aliphatic rings. The Bertz CT molecular complexity index is 1120. The summed E-state index contributed by atoms with van der Waals surface area (Å²) in [5.41, 5.74) is 6.97. The van der Waals surface area contributed by atoms with Gasteiger partial charge in [-0.1, -0.05) is 30.3 Å². The van der Waals surface area contributed by atoms with Gasteiger partial charge in [0.05, 0.1) is 24.7 Å². The van der Waals surface area contributed by atoms with Crippen LogP contribution in [0.1, 0.15) is 5.56 Å². The van der Waals surface area contributed by atoms with Crippen LogP contribution in [0.15, 0.2) is 90.2 Å². The highest BCUT2D eigenvalue weighted by molar-refractivity contribution is 5.90. The van der Waals surface area contributed by atoms with Gasteiger partial charge in [0.15, 0.2) is 0 Å². The van der Waals surface area contributed by atoms with Crippen molar-refractivity contribution in [2.45, 2.75) is 0 Å². The van der Waals surface area contributed by atoms with Gasteiger partial charge in [-0.2, -0.15) is 10.2 Å². The highest BCUT2D eigenvalue weighted by atomic mass is 19.1. The van der Waals surface area contributed by atoms with Gasteiger partial charge in [0, 0.05) is 17.3 Å². The number of ether oxygens (including phenoxy) is 1. The van der Waals surface area contributed by atoms with E-state index < -0.39 is 0 Å². The van der Waals surface area contributed by atoms with E-state index in [4.69, 9.17) is 9.84 Å². The Kier molecular flexibility index (Phi) is 5.33. The third-order valence-corrected chi connectivity index (χ3v) is 4.37. The number of para-hydroxylation sites is 2.